The summed E-state index contributed by atoms with van der Waals surface area (Å²) in [5.41, 5.74) is 2.99. The minimum atomic E-state index is -0.414. The molecule has 1 unspecified atom stereocenters. The second kappa shape index (κ2) is 6.31. The highest BCUT2D eigenvalue weighted by Gasteiger charge is 2.36. The lowest BCUT2D eigenvalue weighted by molar-refractivity contribution is -0.136. The average molecular weight is 348 g/mol. The van der Waals surface area contributed by atoms with E-state index in [-0.39, 0.29) is 5.97 Å². The van der Waals surface area contributed by atoms with Crippen LogP contribution in [0, 0.1) is 6.92 Å². The summed E-state index contributed by atoms with van der Waals surface area (Å²) in [5.74, 6) is 0.221. The Morgan fingerprint density at radius 3 is 2.75 bits per heavy atom. The van der Waals surface area contributed by atoms with Gasteiger partial charge in [-0.2, -0.15) is 10.1 Å². The van der Waals surface area contributed by atoms with Gasteiger partial charge in [-0.3, -0.25) is 4.68 Å². The lowest BCUT2D eigenvalue weighted by Gasteiger charge is -2.27. The molecule has 3 heterocycles. The summed E-state index contributed by atoms with van der Waals surface area (Å²) in [6, 6.07) is -0.414. The molecule has 24 heavy (non-hydrogen) atoms. The quantitative estimate of drug-likeness (QED) is 0.668. The molecule has 0 amide bonds. The van der Waals surface area contributed by atoms with Gasteiger partial charge in [0, 0.05) is 24.0 Å². The fraction of sp³-hybridized carbons (Fsp3) is 0.467. The molecule has 0 radical (unpaired) electrons. The van der Waals surface area contributed by atoms with Crippen LogP contribution in [-0.2, 0) is 16.1 Å². The molecule has 2 aromatic heterocycles. The predicted molar refractivity (Wildman–Crippen MR) is 90.9 cm³/mol. The molecule has 1 aliphatic rings. The average Bonchev–Trinajstić information content (AvgIpc) is 3.15. The molecule has 0 saturated heterocycles. The van der Waals surface area contributed by atoms with Gasteiger partial charge >= 0.3 is 5.97 Å². The first-order chi connectivity index (χ1) is 11.5. The number of nitrogens with zero attached hydrogens (tertiary/aromatic N) is 5. The summed E-state index contributed by atoms with van der Waals surface area (Å²) in [6.07, 6.45) is 3.87. The number of carbonyl (C=O) groups is 1. The van der Waals surface area contributed by atoms with Crippen LogP contribution in [0.25, 0.3) is 0 Å². The smallest absolute Gasteiger partial charge is 0.338 e. The number of ether oxygens (including phenoxy) is 1. The summed E-state index contributed by atoms with van der Waals surface area (Å²) in [7, 11) is 1.38. The first-order valence-electron chi connectivity index (χ1n) is 7.60. The number of aromatic nitrogens is 5. The van der Waals surface area contributed by atoms with Crippen molar-refractivity contribution in [3.8, 4) is 0 Å². The van der Waals surface area contributed by atoms with Crippen molar-refractivity contribution in [1.29, 1.82) is 0 Å². The Morgan fingerprint density at radius 1 is 1.42 bits per heavy atom. The Morgan fingerprint density at radius 2 is 2.17 bits per heavy atom. The Balaban J connectivity index is 2.21. The molecule has 1 atom stereocenters. The minimum absolute atomic E-state index is 0.388. The van der Waals surface area contributed by atoms with Gasteiger partial charge in [0.25, 0.3) is 0 Å². The van der Waals surface area contributed by atoms with Crippen LogP contribution < -0.4 is 5.32 Å². The number of nitrogens with one attached hydrogen (secondary N) is 1. The van der Waals surface area contributed by atoms with Crippen LogP contribution in [-0.4, -0.2) is 43.9 Å². The Hall–Kier alpha value is -2.29. The maximum absolute atomic E-state index is 12.4. The number of methoxy groups -OCH3 is 1. The topological polar surface area (TPSA) is 86.9 Å². The lowest BCUT2D eigenvalue weighted by atomic mass is 9.96. The number of anilines is 1. The number of esters is 1. The van der Waals surface area contributed by atoms with Gasteiger partial charge in [0.15, 0.2) is 0 Å². The third-order valence-corrected chi connectivity index (χ3v) is 4.56. The Labute approximate surface area is 144 Å². The van der Waals surface area contributed by atoms with Crippen molar-refractivity contribution in [3.05, 3.63) is 28.7 Å². The number of hydrogen-bond acceptors (Lipinski definition) is 7. The normalized spacial score (nSPS) is 16.8. The van der Waals surface area contributed by atoms with E-state index < -0.39 is 6.04 Å². The van der Waals surface area contributed by atoms with Crippen LogP contribution in [0.15, 0.2) is 22.6 Å². The molecular weight excluding hydrogens is 328 g/mol. The van der Waals surface area contributed by atoms with Gasteiger partial charge < -0.3 is 10.1 Å². The zero-order valence-corrected chi connectivity index (χ0v) is 15.1. The van der Waals surface area contributed by atoms with E-state index in [0.29, 0.717) is 22.4 Å². The number of rotatable bonds is 4. The van der Waals surface area contributed by atoms with Gasteiger partial charge in [0.2, 0.25) is 11.1 Å². The van der Waals surface area contributed by atoms with E-state index in [1.807, 2.05) is 37.9 Å². The highest BCUT2D eigenvalue weighted by Crippen LogP contribution is 2.37. The number of carbonyl (C=O) groups excluding carboxylic acids is 1. The number of aryl methyl sites for hydroxylation is 2. The van der Waals surface area contributed by atoms with Crippen molar-refractivity contribution in [2.24, 2.45) is 0 Å². The van der Waals surface area contributed by atoms with Crippen molar-refractivity contribution >= 4 is 23.7 Å². The maximum Gasteiger partial charge on any atom is 0.338 e. The number of thioether (sulfide) groups is 1. The van der Waals surface area contributed by atoms with Crippen molar-refractivity contribution in [3.63, 3.8) is 0 Å². The first kappa shape index (κ1) is 16.6. The van der Waals surface area contributed by atoms with Gasteiger partial charge in [0.05, 0.1) is 18.4 Å². The SMILES string of the molecule is CCn1cc(C2C(C(=O)OC)=C(C)Nc3nc(SC)nn32)c(C)n1. The van der Waals surface area contributed by atoms with Crippen LogP contribution in [0.3, 0.4) is 0 Å². The fourth-order valence-corrected chi connectivity index (χ4v) is 3.19. The molecule has 0 aliphatic carbocycles. The van der Waals surface area contributed by atoms with Crippen molar-refractivity contribution in [2.45, 2.75) is 38.5 Å². The summed E-state index contributed by atoms with van der Waals surface area (Å²) in [6.45, 7) is 6.55. The molecule has 0 saturated carbocycles. The summed E-state index contributed by atoms with van der Waals surface area (Å²) in [4.78, 5) is 16.9. The third-order valence-electron chi connectivity index (χ3n) is 4.02. The molecule has 0 bridgehead atoms. The first-order valence-corrected chi connectivity index (χ1v) is 8.83. The van der Waals surface area contributed by atoms with Crippen molar-refractivity contribution in [1.82, 2.24) is 24.5 Å². The summed E-state index contributed by atoms with van der Waals surface area (Å²) < 4.78 is 8.58. The van der Waals surface area contributed by atoms with E-state index in [0.717, 1.165) is 17.8 Å². The maximum atomic E-state index is 12.4. The van der Waals surface area contributed by atoms with Gasteiger partial charge in [0.1, 0.15) is 6.04 Å². The zero-order chi connectivity index (χ0) is 17.4. The van der Waals surface area contributed by atoms with Crippen LogP contribution in [0.2, 0.25) is 0 Å². The largest absolute Gasteiger partial charge is 0.466 e. The second-order valence-corrected chi connectivity index (χ2v) is 6.22. The molecule has 2 aromatic rings. The van der Waals surface area contributed by atoms with Crippen LogP contribution in [0.4, 0.5) is 5.95 Å². The monoisotopic (exact) mass is 348 g/mol. The fourth-order valence-electron chi connectivity index (χ4n) is 2.84. The van der Waals surface area contributed by atoms with E-state index in [4.69, 9.17) is 4.74 Å². The van der Waals surface area contributed by atoms with Crippen LogP contribution in [0.5, 0.6) is 0 Å². The Bertz CT molecular complexity index is 822. The molecule has 1 N–H and O–H groups in total. The predicted octanol–water partition coefficient (Wildman–Crippen LogP) is 1.99. The highest BCUT2D eigenvalue weighted by atomic mass is 32.2. The molecule has 0 spiro atoms. The van der Waals surface area contributed by atoms with E-state index >= 15 is 0 Å². The molecule has 0 aromatic carbocycles. The summed E-state index contributed by atoms with van der Waals surface area (Å²) in [5, 5.41) is 12.8. The third kappa shape index (κ3) is 2.58. The van der Waals surface area contributed by atoms with Crippen molar-refractivity contribution in [2.75, 3.05) is 18.7 Å². The van der Waals surface area contributed by atoms with Gasteiger partial charge in [-0.05, 0) is 27.0 Å². The van der Waals surface area contributed by atoms with Crippen molar-refractivity contribution < 1.29 is 9.53 Å². The molecule has 1 aliphatic heterocycles. The van der Waals surface area contributed by atoms with E-state index in [1.54, 1.807) is 4.68 Å². The van der Waals surface area contributed by atoms with E-state index in [9.17, 15) is 4.79 Å². The summed E-state index contributed by atoms with van der Waals surface area (Å²) >= 11 is 1.45. The Kier molecular flexibility index (Phi) is 4.35. The lowest BCUT2D eigenvalue weighted by Crippen LogP contribution is -2.29. The van der Waals surface area contributed by atoms with Crippen LogP contribution in [0.1, 0.15) is 31.1 Å². The molecule has 128 valence electrons. The minimum Gasteiger partial charge on any atom is -0.466 e. The zero-order valence-electron chi connectivity index (χ0n) is 14.3. The van der Waals surface area contributed by atoms with Gasteiger partial charge in [-0.15, -0.1) is 5.10 Å². The molecular formula is C15H20N6O2S. The highest BCUT2D eigenvalue weighted by molar-refractivity contribution is 7.98. The second-order valence-electron chi connectivity index (χ2n) is 5.45. The van der Waals surface area contributed by atoms with Gasteiger partial charge in [-0.1, -0.05) is 11.8 Å². The van der Waals surface area contributed by atoms with Gasteiger partial charge in [-0.25, -0.2) is 9.48 Å². The standard InChI is InChI=1S/C15H20N6O2S/c1-6-20-7-10(8(2)18-20)12-11(13(22)23-4)9(3)16-14-17-15(24-5)19-21(12)14/h7,12H,6H2,1-5H3,(H,16,17,19). The molecule has 8 nitrogen and oxygen atoms in total. The molecule has 3 rings (SSSR count). The molecule has 0 fully saturated rings. The number of allylic oxidation sites excluding steroid dienone is 1. The van der Waals surface area contributed by atoms with E-state index in [1.165, 1.54) is 18.9 Å². The van der Waals surface area contributed by atoms with Crippen LogP contribution >= 0.6 is 11.8 Å². The number of hydrogen-bond donors (Lipinski definition) is 1. The molecule has 9 heteroatoms. The van der Waals surface area contributed by atoms with E-state index in [2.05, 4.69) is 20.5 Å². The number of fused-ring (bicyclic) bond motifs is 1.